The van der Waals surface area contributed by atoms with Crippen LogP contribution in [0.1, 0.15) is 26.2 Å². The van der Waals surface area contributed by atoms with Crippen molar-refractivity contribution in [1.82, 2.24) is 4.90 Å². The minimum Gasteiger partial charge on any atom is -0.399 e. The fourth-order valence-electron chi connectivity index (χ4n) is 2.59. The third kappa shape index (κ3) is 3.64. The summed E-state index contributed by atoms with van der Waals surface area (Å²) in [6, 6.07) is 8.26. The minimum atomic E-state index is 0.842. The molecule has 1 fully saturated rings. The Bertz CT molecular complexity index is 341. The number of nitrogen functional groups attached to an aromatic ring is 1. The van der Waals surface area contributed by atoms with E-state index in [2.05, 4.69) is 28.9 Å². The van der Waals surface area contributed by atoms with Gasteiger partial charge in [0.15, 0.2) is 0 Å². The van der Waals surface area contributed by atoms with Crippen LogP contribution in [0.4, 0.5) is 11.4 Å². The number of anilines is 2. The molecule has 0 unspecified atom stereocenters. The van der Waals surface area contributed by atoms with Gasteiger partial charge in [-0.25, -0.2) is 0 Å². The van der Waals surface area contributed by atoms with E-state index in [1.807, 2.05) is 12.1 Å². The molecule has 0 amide bonds. The van der Waals surface area contributed by atoms with Crippen LogP contribution in [0.5, 0.6) is 0 Å². The molecule has 0 atom stereocenters. The molecule has 100 valence electrons. The third-order valence-corrected chi connectivity index (χ3v) is 3.64. The average Bonchev–Trinajstić information content (AvgIpc) is 2.89. The Balaban J connectivity index is 1.91. The van der Waals surface area contributed by atoms with Gasteiger partial charge in [0, 0.05) is 31.0 Å². The normalized spacial score (nSPS) is 16.1. The molecule has 0 aromatic heterocycles. The maximum Gasteiger partial charge on any atom is 0.0368 e. The molecule has 2 rings (SSSR count). The summed E-state index contributed by atoms with van der Waals surface area (Å²) in [5.74, 6) is 0. The molecule has 3 heteroatoms. The van der Waals surface area contributed by atoms with E-state index >= 15 is 0 Å². The van der Waals surface area contributed by atoms with Crippen molar-refractivity contribution in [2.45, 2.75) is 26.2 Å². The maximum atomic E-state index is 5.75. The van der Waals surface area contributed by atoms with Gasteiger partial charge in [0.2, 0.25) is 0 Å². The Kier molecular flexibility index (Phi) is 4.88. The molecule has 1 heterocycles. The second kappa shape index (κ2) is 6.64. The van der Waals surface area contributed by atoms with E-state index in [9.17, 15) is 0 Å². The number of hydrogen-bond donors (Lipinski definition) is 1. The molecule has 3 nitrogen and oxygen atoms in total. The Hall–Kier alpha value is -1.22. The number of likely N-dealkylation sites (tertiary alicyclic amines) is 1. The highest BCUT2D eigenvalue weighted by atomic mass is 15.2. The number of nitrogens with zero attached hydrogens (tertiary/aromatic N) is 2. The van der Waals surface area contributed by atoms with Gasteiger partial charge in [-0.3, -0.25) is 0 Å². The van der Waals surface area contributed by atoms with Crippen LogP contribution in [0, 0.1) is 0 Å². The first-order valence-corrected chi connectivity index (χ1v) is 7.12. The van der Waals surface area contributed by atoms with Gasteiger partial charge >= 0.3 is 0 Å². The van der Waals surface area contributed by atoms with Crippen molar-refractivity contribution in [3.8, 4) is 0 Å². The van der Waals surface area contributed by atoms with Crippen LogP contribution in [-0.2, 0) is 0 Å². The lowest BCUT2D eigenvalue weighted by atomic mass is 10.2. The van der Waals surface area contributed by atoms with Crippen LogP contribution in [0.25, 0.3) is 0 Å². The first-order chi connectivity index (χ1) is 8.79. The Morgan fingerprint density at radius 3 is 2.39 bits per heavy atom. The Morgan fingerprint density at radius 1 is 1.11 bits per heavy atom. The van der Waals surface area contributed by atoms with Crippen LogP contribution in [0.2, 0.25) is 0 Å². The standard InChI is InChI=1S/C15H25N3/c1-2-9-18(13-12-17-10-3-4-11-17)15-7-5-14(16)6-8-15/h5-8H,2-4,9-13,16H2,1H3. The lowest BCUT2D eigenvalue weighted by molar-refractivity contribution is 0.344. The van der Waals surface area contributed by atoms with Crippen LogP contribution >= 0.6 is 0 Å². The van der Waals surface area contributed by atoms with Crippen molar-refractivity contribution in [3.05, 3.63) is 24.3 Å². The zero-order valence-electron chi connectivity index (χ0n) is 11.4. The van der Waals surface area contributed by atoms with Crippen molar-refractivity contribution in [3.63, 3.8) is 0 Å². The summed E-state index contributed by atoms with van der Waals surface area (Å²) < 4.78 is 0. The summed E-state index contributed by atoms with van der Waals surface area (Å²) in [6.07, 6.45) is 3.93. The summed E-state index contributed by atoms with van der Waals surface area (Å²) >= 11 is 0. The SMILES string of the molecule is CCCN(CCN1CCCC1)c1ccc(N)cc1. The predicted molar refractivity (Wildman–Crippen MR) is 79.0 cm³/mol. The predicted octanol–water partition coefficient (Wildman–Crippen LogP) is 2.58. The molecule has 0 radical (unpaired) electrons. The second-order valence-electron chi connectivity index (χ2n) is 5.13. The van der Waals surface area contributed by atoms with E-state index in [0.29, 0.717) is 0 Å². The van der Waals surface area contributed by atoms with Crippen molar-refractivity contribution in [2.24, 2.45) is 0 Å². The zero-order chi connectivity index (χ0) is 12.8. The topological polar surface area (TPSA) is 32.5 Å². The summed E-state index contributed by atoms with van der Waals surface area (Å²) in [4.78, 5) is 5.04. The molecule has 0 bridgehead atoms. The number of benzene rings is 1. The highest BCUT2D eigenvalue weighted by Gasteiger charge is 2.13. The number of hydrogen-bond acceptors (Lipinski definition) is 3. The molecule has 1 aromatic rings. The fourth-order valence-corrected chi connectivity index (χ4v) is 2.59. The molecule has 1 aromatic carbocycles. The molecular formula is C15H25N3. The number of nitrogens with two attached hydrogens (primary N) is 1. The number of rotatable bonds is 6. The molecule has 0 spiro atoms. The van der Waals surface area contributed by atoms with E-state index in [-0.39, 0.29) is 0 Å². The van der Waals surface area contributed by atoms with Gasteiger partial charge in [0.25, 0.3) is 0 Å². The van der Waals surface area contributed by atoms with Crippen LogP contribution in [0.3, 0.4) is 0 Å². The van der Waals surface area contributed by atoms with Gasteiger partial charge in [-0.1, -0.05) is 6.92 Å². The molecule has 1 aliphatic heterocycles. The second-order valence-corrected chi connectivity index (χ2v) is 5.13. The van der Waals surface area contributed by atoms with Crippen LogP contribution in [0.15, 0.2) is 24.3 Å². The summed E-state index contributed by atoms with van der Waals surface area (Å²) in [5, 5.41) is 0. The minimum absolute atomic E-state index is 0.842. The first-order valence-electron chi connectivity index (χ1n) is 7.12. The zero-order valence-corrected chi connectivity index (χ0v) is 11.4. The lowest BCUT2D eigenvalue weighted by Gasteiger charge is -2.27. The highest BCUT2D eigenvalue weighted by Crippen LogP contribution is 2.17. The molecule has 2 N–H and O–H groups in total. The Morgan fingerprint density at radius 2 is 1.78 bits per heavy atom. The van der Waals surface area contributed by atoms with Gasteiger partial charge in [-0.2, -0.15) is 0 Å². The van der Waals surface area contributed by atoms with E-state index in [1.165, 1.54) is 44.6 Å². The summed E-state index contributed by atoms with van der Waals surface area (Å²) in [7, 11) is 0. The van der Waals surface area contributed by atoms with Gasteiger partial charge in [0.05, 0.1) is 0 Å². The van der Waals surface area contributed by atoms with Crippen molar-refractivity contribution in [2.75, 3.05) is 43.4 Å². The van der Waals surface area contributed by atoms with Crippen LogP contribution < -0.4 is 10.6 Å². The summed E-state index contributed by atoms with van der Waals surface area (Å²) in [5.41, 5.74) is 7.89. The summed E-state index contributed by atoms with van der Waals surface area (Å²) in [6.45, 7) is 8.23. The van der Waals surface area contributed by atoms with Gasteiger partial charge < -0.3 is 15.5 Å². The van der Waals surface area contributed by atoms with Gasteiger partial charge in [-0.15, -0.1) is 0 Å². The van der Waals surface area contributed by atoms with E-state index in [0.717, 1.165) is 18.8 Å². The van der Waals surface area contributed by atoms with Crippen LogP contribution in [-0.4, -0.2) is 37.6 Å². The van der Waals surface area contributed by atoms with Gasteiger partial charge in [0.1, 0.15) is 0 Å². The van der Waals surface area contributed by atoms with Crippen molar-refractivity contribution >= 4 is 11.4 Å². The largest absolute Gasteiger partial charge is 0.399 e. The first kappa shape index (κ1) is 13.2. The highest BCUT2D eigenvalue weighted by molar-refractivity contribution is 5.53. The molecule has 0 aliphatic carbocycles. The van der Waals surface area contributed by atoms with Crippen molar-refractivity contribution < 1.29 is 0 Å². The van der Waals surface area contributed by atoms with E-state index in [1.54, 1.807) is 0 Å². The molecule has 1 saturated heterocycles. The lowest BCUT2D eigenvalue weighted by Crippen LogP contribution is -2.34. The maximum absolute atomic E-state index is 5.75. The molecular weight excluding hydrogens is 222 g/mol. The quantitative estimate of drug-likeness (QED) is 0.784. The fraction of sp³-hybridized carbons (Fsp3) is 0.600. The molecule has 0 saturated carbocycles. The molecule has 1 aliphatic rings. The Labute approximate surface area is 111 Å². The van der Waals surface area contributed by atoms with E-state index in [4.69, 9.17) is 5.73 Å². The van der Waals surface area contributed by atoms with Crippen molar-refractivity contribution in [1.29, 1.82) is 0 Å². The molecule has 18 heavy (non-hydrogen) atoms. The van der Waals surface area contributed by atoms with Gasteiger partial charge in [-0.05, 0) is 56.6 Å². The smallest absolute Gasteiger partial charge is 0.0368 e. The average molecular weight is 247 g/mol. The monoisotopic (exact) mass is 247 g/mol. The third-order valence-electron chi connectivity index (χ3n) is 3.64. The van der Waals surface area contributed by atoms with E-state index < -0.39 is 0 Å².